The first-order valence-corrected chi connectivity index (χ1v) is 4.84. The summed E-state index contributed by atoms with van der Waals surface area (Å²) < 4.78 is 38.3. The van der Waals surface area contributed by atoms with Crippen molar-refractivity contribution in [1.82, 2.24) is 0 Å². The second-order valence-corrected chi connectivity index (χ2v) is 3.95. The monoisotopic (exact) mass is 262 g/mol. The molecule has 0 atom stereocenters. The Bertz CT molecular complexity index is 405. The molecule has 1 aliphatic rings. The quantitative estimate of drug-likeness (QED) is 0.662. The van der Waals surface area contributed by atoms with Crippen LogP contribution in [0, 0.1) is 0 Å². The summed E-state index contributed by atoms with van der Waals surface area (Å²) in [6.45, 7) is 0. The molecule has 0 heterocycles. The molecule has 0 amide bonds. The van der Waals surface area contributed by atoms with Gasteiger partial charge in [0, 0.05) is 4.47 Å². The van der Waals surface area contributed by atoms with Crippen LogP contribution < -0.4 is 0 Å². The third-order valence-corrected chi connectivity index (χ3v) is 2.95. The molecule has 0 bridgehead atoms. The number of benzene rings is 1. The number of hydrogen-bond donors (Lipinski definition) is 0. The van der Waals surface area contributed by atoms with Gasteiger partial charge in [-0.15, -0.1) is 0 Å². The lowest BCUT2D eigenvalue weighted by atomic mass is 10.0. The van der Waals surface area contributed by atoms with Crippen LogP contribution in [0.3, 0.4) is 0 Å². The first kappa shape index (κ1) is 9.77. The molecule has 1 aromatic carbocycles. The molecule has 0 spiro atoms. The zero-order valence-electron chi connectivity index (χ0n) is 7.03. The van der Waals surface area contributed by atoms with Gasteiger partial charge in [-0.1, -0.05) is 28.1 Å². The number of allylic oxidation sites excluding steroid dienone is 1. The first-order valence-electron chi connectivity index (χ1n) is 4.05. The van der Waals surface area contributed by atoms with Crippen LogP contribution in [0.2, 0.25) is 0 Å². The highest BCUT2D eigenvalue weighted by Crippen LogP contribution is 2.38. The first-order chi connectivity index (χ1) is 6.50. The van der Waals surface area contributed by atoms with E-state index in [1.807, 2.05) is 0 Å². The zero-order valence-corrected chi connectivity index (χ0v) is 8.61. The Morgan fingerprint density at radius 1 is 1.21 bits per heavy atom. The third-order valence-electron chi connectivity index (χ3n) is 2.21. The third kappa shape index (κ3) is 1.47. The normalized spacial score (nSPS) is 14.6. The lowest BCUT2D eigenvalue weighted by Gasteiger charge is -2.12. The molecule has 0 saturated heterocycles. The zero-order chi connectivity index (χ0) is 10.3. The van der Waals surface area contributed by atoms with E-state index in [1.54, 1.807) is 6.08 Å². The predicted molar refractivity (Wildman–Crippen MR) is 51.9 cm³/mol. The number of hydrogen-bond acceptors (Lipinski definition) is 0. The van der Waals surface area contributed by atoms with Crippen molar-refractivity contribution in [2.75, 3.05) is 0 Å². The van der Waals surface area contributed by atoms with Crippen LogP contribution in [0.15, 0.2) is 22.7 Å². The lowest BCUT2D eigenvalue weighted by Crippen LogP contribution is -2.08. The van der Waals surface area contributed by atoms with Crippen molar-refractivity contribution in [2.45, 2.75) is 12.6 Å². The average Bonchev–Trinajstić information content (AvgIpc) is 2.50. The number of fused-ring (bicyclic) bond motifs is 1. The molecule has 0 saturated carbocycles. The van der Waals surface area contributed by atoms with Gasteiger partial charge in [0.1, 0.15) is 0 Å². The van der Waals surface area contributed by atoms with E-state index in [2.05, 4.69) is 15.9 Å². The predicted octanol–water partition coefficient (Wildman–Crippen LogP) is 4.04. The molecule has 0 unspecified atom stereocenters. The summed E-state index contributed by atoms with van der Waals surface area (Å²) >= 11 is 3.24. The minimum Gasteiger partial charge on any atom is -0.166 e. The molecule has 14 heavy (non-hydrogen) atoms. The van der Waals surface area contributed by atoms with Crippen molar-refractivity contribution >= 4 is 22.0 Å². The molecule has 1 aliphatic carbocycles. The summed E-state index contributed by atoms with van der Waals surface area (Å²) in [5, 5.41) is 0. The van der Waals surface area contributed by atoms with Gasteiger partial charge in [-0.2, -0.15) is 13.2 Å². The minimum atomic E-state index is -4.26. The molecule has 4 heteroatoms. The molecule has 0 aliphatic heterocycles. The molecule has 2 rings (SSSR count). The van der Waals surface area contributed by atoms with Crippen molar-refractivity contribution in [3.05, 3.63) is 39.4 Å². The largest absolute Gasteiger partial charge is 0.416 e. The Balaban J connectivity index is 2.65. The molecule has 74 valence electrons. The number of rotatable bonds is 0. The maximum atomic E-state index is 12.5. The van der Waals surface area contributed by atoms with Crippen molar-refractivity contribution in [3.63, 3.8) is 0 Å². The van der Waals surface area contributed by atoms with E-state index in [-0.39, 0.29) is 0 Å². The van der Waals surface area contributed by atoms with Crippen LogP contribution in [0.25, 0.3) is 6.08 Å². The Morgan fingerprint density at radius 3 is 2.57 bits per heavy atom. The second-order valence-electron chi connectivity index (χ2n) is 3.09. The van der Waals surface area contributed by atoms with Crippen LogP contribution in [0.4, 0.5) is 13.2 Å². The van der Waals surface area contributed by atoms with Crippen LogP contribution in [-0.2, 0) is 12.6 Å². The summed E-state index contributed by atoms with van der Waals surface area (Å²) in [7, 11) is 0. The van der Waals surface area contributed by atoms with Crippen LogP contribution in [0.5, 0.6) is 0 Å². The van der Waals surface area contributed by atoms with Gasteiger partial charge in [-0.05, 0) is 29.7 Å². The fourth-order valence-corrected chi connectivity index (χ4v) is 2.09. The van der Waals surface area contributed by atoms with Crippen LogP contribution in [0.1, 0.15) is 16.7 Å². The smallest absolute Gasteiger partial charge is 0.166 e. The SMILES string of the molecule is FC(F)(F)c1ccc(Br)c2c1C=CC2. The Labute approximate surface area is 87.6 Å². The summed E-state index contributed by atoms with van der Waals surface area (Å²) in [6, 6.07) is 2.56. The van der Waals surface area contributed by atoms with Crippen molar-refractivity contribution < 1.29 is 13.2 Å². The summed E-state index contributed by atoms with van der Waals surface area (Å²) in [5.74, 6) is 0. The van der Waals surface area contributed by atoms with E-state index < -0.39 is 11.7 Å². The fourth-order valence-electron chi connectivity index (χ4n) is 1.58. The maximum Gasteiger partial charge on any atom is 0.416 e. The number of alkyl halides is 3. The van der Waals surface area contributed by atoms with Crippen molar-refractivity contribution in [2.24, 2.45) is 0 Å². The van der Waals surface area contributed by atoms with Gasteiger partial charge in [-0.25, -0.2) is 0 Å². The minimum absolute atomic E-state index is 0.298. The Morgan fingerprint density at radius 2 is 1.93 bits per heavy atom. The summed E-state index contributed by atoms with van der Waals surface area (Å²) in [4.78, 5) is 0. The summed E-state index contributed by atoms with van der Waals surface area (Å²) in [5.41, 5.74) is 0.469. The van der Waals surface area contributed by atoms with Gasteiger partial charge in [0.05, 0.1) is 5.56 Å². The van der Waals surface area contributed by atoms with Gasteiger partial charge in [0.15, 0.2) is 0 Å². The van der Waals surface area contributed by atoms with Gasteiger partial charge in [-0.3, -0.25) is 0 Å². The van der Waals surface area contributed by atoms with Crippen molar-refractivity contribution in [3.8, 4) is 0 Å². The molecule has 0 N–H and O–H groups in total. The highest BCUT2D eigenvalue weighted by atomic mass is 79.9. The van der Waals surface area contributed by atoms with Gasteiger partial charge < -0.3 is 0 Å². The highest BCUT2D eigenvalue weighted by Gasteiger charge is 2.34. The standard InChI is InChI=1S/C10H6BrF3/c11-9-5-4-8(10(12,13)14)6-2-1-3-7(6)9/h1-2,4-5H,3H2. The average molecular weight is 263 g/mol. The van der Waals surface area contributed by atoms with E-state index in [4.69, 9.17) is 0 Å². The van der Waals surface area contributed by atoms with Gasteiger partial charge in [0.2, 0.25) is 0 Å². The van der Waals surface area contributed by atoms with Crippen LogP contribution in [-0.4, -0.2) is 0 Å². The van der Waals surface area contributed by atoms with E-state index in [0.29, 0.717) is 12.0 Å². The molecule has 0 fully saturated rings. The molecule has 1 aromatic rings. The van der Waals surface area contributed by atoms with E-state index in [0.717, 1.165) is 16.1 Å². The Hall–Kier alpha value is -0.770. The molecular weight excluding hydrogens is 257 g/mol. The number of halogens is 4. The van der Waals surface area contributed by atoms with Crippen LogP contribution >= 0.6 is 15.9 Å². The van der Waals surface area contributed by atoms with Crippen molar-refractivity contribution in [1.29, 1.82) is 0 Å². The maximum absolute atomic E-state index is 12.5. The summed E-state index contributed by atoms with van der Waals surface area (Å²) in [6.07, 6.45) is -0.424. The van der Waals surface area contributed by atoms with Gasteiger partial charge >= 0.3 is 6.18 Å². The second kappa shape index (κ2) is 3.12. The Kier molecular flexibility index (Phi) is 2.18. The molecule has 0 nitrogen and oxygen atoms in total. The highest BCUT2D eigenvalue weighted by molar-refractivity contribution is 9.10. The van der Waals surface area contributed by atoms with Gasteiger partial charge in [0.25, 0.3) is 0 Å². The molecule has 0 aromatic heterocycles. The topological polar surface area (TPSA) is 0 Å². The lowest BCUT2D eigenvalue weighted by molar-refractivity contribution is -0.137. The fraction of sp³-hybridized carbons (Fsp3) is 0.200. The molecule has 0 radical (unpaired) electrons. The van der Waals surface area contributed by atoms with E-state index in [1.165, 1.54) is 12.1 Å². The van der Waals surface area contributed by atoms with E-state index >= 15 is 0 Å². The van der Waals surface area contributed by atoms with E-state index in [9.17, 15) is 13.2 Å². The molecular formula is C10H6BrF3.